The zero-order valence-corrected chi connectivity index (χ0v) is 24.1. The molecule has 0 saturated carbocycles. The minimum atomic E-state index is -4.16. The minimum absolute atomic E-state index is 0.0744. The predicted molar refractivity (Wildman–Crippen MR) is 156 cm³/mol. The van der Waals surface area contributed by atoms with Crippen molar-refractivity contribution in [2.24, 2.45) is 0 Å². The van der Waals surface area contributed by atoms with Crippen molar-refractivity contribution in [1.82, 2.24) is 9.29 Å². The average Bonchev–Trinajstić information content (AvgIpc) is 3.22. The van der Waals surface area contributed by atoms with E-state index in [1.54, 1.807) is 21.1 Å². The van der Waals surface area contributed by atoms with Crippen LogP contribution in [0.15, 0.2) is 71.6 Å². The Morgan fingerprint density at radius 2 is 1.73 bits per heavy atom. The van der Waals surface area contributed by atoms with E-state index < -0.39 is 22.0 Å². The van der Waals surface area contributed by atoms with Gasteiger partial charge in [0.15, 0.2) is 0 Å². The van der Waals surface area contributed by atoms with Crippen molar-refractivity contribution >= 4 is 26.9 Å². The third kappa shape index (κ3) is 6.65. The van der Waals surface area contributed by atoms with E-state index in [0.29, 0.717) is 23.6 Å². The van der Waals surface area contributed by atoms with Gasteiger partial charge in [0.05, 0.1) is 25.7 Å². The maximum atomic E-state index is 13.2. The number of sulfonamides is 1. The number of hydrogen-bond acceptors (Lipinski definition) is 6. The normalized spacial score (nSPS) is 11.9. The lowest BCUT2D eigenvalue weighted by molar-refractivity contribution is -0.138. The van der Waals surface area contributed by atoms with E-state index in [-0.39, 0.29) is 17.9 Å². The molecule has 3 aromatic carbocycles. The number of aliphatic carboxylic acids is 1. The summed E-state index contributed by atoms with van der Waals surface area (Å²) in [5.41, 5.74) is 3.31. The van der Waals surface area contributed by atoms with E-state index in [0.717, 1.165) is 27.9 Å². The summed E-state index contributed by atoms with van der Waals surface area (Å²) in [5, 5.41) is 10.9. The number of ether oxygens (including phenoxy) is 3. The highest BCUT2D eigenvalue weighted by Crippen LogP contribution is 2.32. The first-order valence-electron chi connectivity index (χ1n) is 12.8. The predicted octanol–water partition coefficient (Wildman–Crippen LogP) is 4.39. The molecule has 214 valence electrons. The van der Waals surface area contributed by atoms with Gasteiger partial charge in [-0.25, -0.2) is 8.42 Å². The quantitative estimate of drug-likeness (QED) is 0.240. The number of fused-ring (bicyclic) bond motifs is 1. The number of rotatable bonds is 12. The zero-order chi connectivity index (χ0) is 29.6. The number of carbonyl (C=O) groups is 1. The Bertz CT molecular complexity index is 1720. The third-order valence-electron chi connectivity index (χ3n) is 6.81. The second kappa shape index (κ2) is 12.8. The van der Waals surface area contributed by atoms with E-state index in [9.17, 15) is 18.3 Å². The Morgan fingerprint density at radius 3 is 2.39 bits per heavy atom. The summed E-state index contributed by atoms with van der Waals surface area (Å²) in [5.74, 6) is 5.98. The van der Waals surface area contributed by atoms with Crippen LogP contribution in [-0.2, 0) is 27.8 Å². The van der Waals surface area contributed by atoms with Crippen LogP contribution in [0.25, 0.3) is 10.9 Å². The number of benzene rings is 3. The van der Waals surface area contributed by atoms with E-state index in [2.05, 4.69) is 21.1 Å². The standard InChI is InChI=1S/C31H32N2O7S/c1-5-6-17-40-23-11-14-25(15-12-23)41(36,37)32-28(31(34)35)19-26-21(2)33(20-22-9-7-8-10-30(22)39-4)29-16-13-24(38-3)18-27(26)29/h7-16,18,28,32H,17,19-20H2,1-4H3,(H,34,35). The zero-order valence-electron chi connectivity index (χ0n) is 23.3. The van der Waals surface area contributed by atoms with Crippen molar-refractivity contribution < 1.29 is 32.5 Å². The van der Waals surface area contributed by atoms with E-state index >= 15 is 0 Å². The van der Waals surface area contributed by atoms with Gasteiger partial charge >= 0.3 is 5.97 Å². The van der Waals surface area contributed by atoms with E-state index in [1.165, 1.54) is 24.3 Å². The molecule has 9 nitrogen and oxygen atoms in total. The number of para-hydroxylation sites is 1. The average molecular weight is 577 g/mol. The number of nitrogens with zero attached hydrogens (tertiary/aromatic N) is 1. The smallest absolute Gasteiger partial charge is 0.322 e. The summed E-state index contributed by atoms with van der Waals surface area (Å²) in [4.78, 5) is 12.3. The fraction of sp³-hybridized carbons (Fsp3) is 0.258. The van der Waals surface area contributed by atoms with Gasteiger partial charge in [-0.1, -0.05) is 24.1 Å². The molecule has 41 heavy (non-hydrogen) atoms. The molecular formula is C31H32N2O7S. The van der Waals surface area contributed by atoms with Gasteiger partial charge in [0.2, 0.25) is 10.0 Å². The molecule has 0 aliphatic rings. The first-order valence-corrected chi connectivity index (χ1v) is 14.3. The maximum absolute atomic E-state index is 13.2. The Balaban J connectivity index is 1.68. The fourth-order valence-corrected chi connectivity index (χ4v) is 5.86. The molecule has 0 aliphatic heterocycles. The fourth-order valence-electron chi connectivity index (χ4n) is 4.67. The molecule has 1 atom stereocenters. The van der Waals surface area contributed by atoms with Crippen LogP contribution in [-0.4, -0.2) is 50.9 Å². The number of carboxylic acid groups (broad SMARTS) is 1. The van der Waals surface area contributed by atoms with Crippen LogP contribution in [0, 0.1) is 18.8 Å². The van der Waals surface area contributed by atoms with Gasteiger partial charge in [-0.2, -0.15) is 4.72 Å². The van der Waals surface area contributed by atoms with Crippen molar-refractivity contribution in [2.75, 3.05) is 20.8 Å². The lowest BCUT2D eigenvalue weighted by atomic mass is 10.0. The van der Waals surface area contributed by atoms with Gasteiger partial charge in [0.1, 0.15) is 29.9 Å². The van der Waals surface area contributed by atoms with Gasteiger partial charge in [-0.15, -0.1) is 5.92 Å². The molecule has 0 fully saturated rings. The molecule has 1 heterocycles. The number of carboxylic acids is 1. The van der Waals surface area contributed by atoms with Crippen molar-refractivity contribution in [2.45, 2.75) is 37.8 Å². The molecule has 0 spiro atoms. The van der Waals surface area contributed by atoms with Crippen molar-refractivity contribution in [3.8, 4) is 29.1 Å². The molecule has 0 radical (unpaired) electrons. The van der Waals surface area contributed by atoms with Crippen molar-refractivity contribution in [3.05, 3.63) is 83.6 Å². The molecule has 4 rings (SSSR count). The minimum Gasteiger partial charge on any atom is -0.497 e. The van der Waals surface area contributed by atoms with E-state index in [4.69, 9.17) is 14.2 Å². The highest BCUT2D eigenvalue weighted by atomic mass is 32.2. The second-order valence-corrected chi connectivity index (χ2v) is 11.0. The number of hydrogen-bond donors (Lipinski definition) is 2. The third-order valence-corrected chi connectivity index (χ3v) is 8.30. The van der Waals surface area contributed by atoms with Crippen LogP contribution in [0.4, 0.5) is 0 Å². The Labute approximate surface area is 239 Å². The van der Waals surface area contributed by atoms with Gasteiger partial charge in [0, 0.05) is 28.6 Å². The molecule has 4 aromatic rings. The molecular weight excluding hydrogens is 544 g/mol. The second-order valence-electron chi connectivity index (χ2n) is 9.25. The topological polar surface area (TPSA) is 116 Å². The maximum Gasteiger partial charge on any atom is 0.322 e. The molecule has 0 aliphatic carbocycles. The van der Waals surface area contributed by atoms with Crippen molar-refractivity contribution in [3.63, 3.8) is 0 Å². The number of aromatic nitrogens is 1. The molecule has 2 N–H and O–H groups in total. The van der Waals surface area contributed by atoms with Gasteiger partial charge in [0.25, 0.3) is 0 Å². The molecule has 0 bridgehead atoms. The number of nitrogens with one attached hydrogen (secondary N) is 1. The van der Waals surface area contributed by atoms with Crippen LogP contribution < -0.4 is 18.9 Å². The first-order chi connectivity index (χ1) is 19.7. The summed E-state index contributed by atoms with van der Waals surface area (Å²) in [7, 11) is -0.990. The van der Waals surface area contributed by atoms with Crippen LogP contribution in [0.2, 0.25) is 0 Å². The molecule has 1 unspecified atom stereocenters. The summed E-state index contributed by atoms with van der Waals surface area (Å²) in [6.45, 7) is 4.24. The largest absolute Gasteiger partial charge is 0.497 e. The molecule has 10 heteroatoms. The Hall–Kier alpha value is -4.46. The summed E-state index contributed by atoms with van der Waals surface area (Å²) in [6.07, 6.45) is -0.0835. The SMILES string of the molecule is CC#CCOc1ccc(S(=O)(=O)NC(Cc2c(C)n(Cc3ccccc3OC)c3ccc(OC)cc23)C(=O)O)cc1. The van der Waals surface area contributed by atoms with E-state index in [1.807, 2.05) is 49.4 Å². The molecule has 0 saturated heterocycles. The van der Waals surface area contributed by atoms with Crippen molar-refractivity contribution in [1.29, 1.82) is 0 Å². The van der Waals surface area contributed by atoms with Gasteiger partial charge in [-0.05, 0) is 67.9 Å². The number of methoxy groups -OCH3 is 2. The summed E-state index contributed by atoms with van der Waals surface area (Å²) in [6, 6.07) is 17.6. The van der Waals surface area contributed by atoms with Gasteiger partial charge in [-0.3, -0.25) is 4.79 Å². The van der Waals surface area contributed by atoms with Crippen LogP contribution in [0.5, 0.6) is 17.2 Å². The Morgan fingerprint density at radius 1 is 1.02 bits per heavy atom. The van der Waals surface area contributed by atoms with Crippen LogP contribution >= 0.6 is 0 Å². The molecule has 0 amide bonds. The summed E-state index contributed by atoms with van der Waals surface area (Å²) < 4.78 is 47.3. The van der Waals surface area contributed by atoms with Crippen LogP contribution in [0.3, 0.4) is 0 Å². The highest BCUT2D eigenvalue weighted by Gasteiger charge is 2.28. The first kappa shape index (κ1) is 29.5. The monoisotopic (exact) mass is 576 g/mol. The lowest BCUT2D eigenvalue weighted by Crippen LogP contribution is -2.42. The van der Waals surface area contributed by atoms with Gasteiger partial charge < -0.3 is 23.9 Å². The molecule has 1 aromatic heterocycles. The highest BCUT2D eigenvalue weighted by molar-refractivity contribution is 7.89. The summed E-state index contributed by atoms with van der Waals surface area (Å²) >= 11 is 0. The Kier molecular flexibility index (Phi) is 9.22. The lowest BCUT2D eigenvalue weighted by Gasteiger charge is -2.16. The van der Waals surface area contributed by atoms with Crippen LogP contribution in [0.1, 0.15) is 23.7 Å².